The molecule has 2 unspecified atom stereocenters. The quantitative estimate of drug-likeness (QED) is 0.590. The van der Waals surface area contributed by atoms with E-state index in [0.29, 0.717) is 18.1 Å². The summed E-state index contributed by atoms with van der Waals surface area (Å²) in [6, 6.07) is 10.6. The molecule has 2 aromatic carbocycles. The lowest BCUT2D eigenvalue weighted by molar-refractivity contribution is -0.120. The van der Waals surface area contributed by atoms with Gasteiger partial charge < -0.3 is 5.73 Å². The van der Waals surface area contributed by atoms with Crippen LogP contribution in [0.25, 0.3) is 10.8 Å². The number of allylic oxidation sites excluding steroid dienone is 2. The van der Waals surface area contributed by atoms with Gasteiger partial charge in [-0.25, -0.2) is 0 Å². The molecule has 22 heavy (non-hydrogen) atoms. The van der Waals surface area contributed by atoms with Gasteiger partial charge in [-0.2, -0.15) is 0 Å². The van der Waals surface area contributed by atoms with Gasteiger partial charge >= 0.3 is 0 Å². The molecule has 0 saturated heterocycles. The van der Waals surface area contributed by atoms with Crippen molar-refractivity contribution in [3.05, 3.63) is 53.1 Å². The largest absolute Gasteiger partial charge is 0.398 e. The first-order valence-corrected chi connectivity index (χ1v) is 8.17. The Labute approximate surface area is 130 Å². The standard InChI is InChI=1S/C20H19NO/c21-19-3-1-2-13-9-18-14(8-17(13)19)7-16(22)11-20(18)10-12-4-5-15(20)6-12/h1-4,8-9,15H,5-7,10-11,21H2. The van der Waals surface area contributed by atoms with Crippen LogP contribution in [0.1, 0.15) is 36.8 Å². The van der Waals surface area contributed by atoms with E-state index in [9.17, 15) is 4.79 Å². The lowest BCUT2D eigenvalue weighted by Gasteiger charge is -2.41. The summed E-state index contributed by atoms with van der Waals surface area (Å²) in [5.74, 6) is 1.03. The van der Waals surface area contributed by atoms with Crippen LogP contribution in [0.3, 0.4) is 0 Å². The molecule has 1 saturated carbocycles. The highest BCUT2D eigenvalue weighted by Crippen LogP contribution is 2.58. The molecule has 1 fully saturated rings. The van der Waals surface area contributed by atoms with Gasteiger partial charge in [0.1, 0.15) is 5.78 Å². The van der Waals surface area contributed by atoms with E-state index >= 15 is 0 Å². The maximum Gasteiger partial charge on any atom is 0.138 e. The van der Waals surface area contributed by atoms with Crippen LogP contribution in [0, 0.1) is 5.92 Å². The molecule has 2 atom stereocenters. The molecule has 3 aliphatic carbocycles. The molecule has 2 N–H and O–H groups in total. The van der Waals surface area contributed by atoms with Gasteiger partial charge in [-0.1, -0.05) is 29.8 Å². The zero-order chi connectivity index (χ0) is 14.9. The fourth-order valence-corrected chi connectivity index (χ4v) is 5.15. The van der Waals surface area contributed by atoms with Crippen LogP contribution in [0.5, 0.6) is 0 Å². The van der Waals surface area contributed by atoms with E-state index < -0.39 is 0 Å². The van der Waals surface area contributed by atoms with Crippen molar-refractivity contribution in [1.82, 2.24) is 0 Å². The van der Waals surface area contributed by atoms with Crippen molar-refractivity contribution in [2.75, 3.05) is 5.73 Å². The van der Waals surface area contributed by atoms with Crippen molar-refractivity contribution >= 4 is 22.2 Å². The highest BCUT2D eigenvalue weighted by molar-refractivity contribution is 5.96. The number of ketones is 1. The molecule has 2 nitrogen and oxygen atoms in total. The number of carbonyl (C=O) groups excluding carboxylic acids is 1. The number of rotatable bonds is 0. The summed E-state index contributed by atoms with van der Waals surface area (Å²) < 4.78 is 0. The summed E-state index contributed by atoms with van der Waals surface area (Å²) in [6.07, 6.45) is 7.14. The van der Waals surface area contributed by atoms with E-state index in [1.165, 1.54) is 22.9 Å². The fourth-order valence-electron chi connectivity index (χ4n) is 5.15. The molecule has 2 heteroatoms. The molecular weight excluding hydrogens is 270 g/mol. The van der Waals surface area contributed by atoms with Crippen LogP contribution < -0.4 is 5.73 Å². The molecule has 2 aromatic rings. The molecule has 110 valence electrons. The van der Waals surface area contributed by atoms with E-state index in [0.717, 1.165) is 30.3 Å². The van der Waals surface area contributed by atoms with Crippen LogP contribution in [-0.4, -0.2) is 5.78 Å². The van der Waals surface area contributed by atoms with Crippen molar-refractivity contribution < 1.29 is 4.79 Å². The Morgan fingerprint density at radius 2 is 2.09 bits per heavy atom. The minimum atomic E-state index is 0.0769. The Balaban J connectivity index is 1.80. The Morgan fingerprint density at radius 3 is 2.86 bits per heavy atom. The first-order valence-electron chi connectivity index (χ1n) is 8.17. The average molecular weight is 289 g/mol. The minimum absolute atomic E-state index is 0.0769. The first kappa shape index (κ1) is 12.5. The molecule has 0 amide bonds. The van der Waals surface area contributed by atoms with E-state index in [-0.39, 0.29) is 5.41 Å². The van der Waals surface area contributed by atoms with Crippen molar-refractivity contribution in [3.8, 4) is 0 Å². The predicted octanol–water partition coefficient (Wildman–Crippen LogP) is 3.92. The first-order chi connectivity index (χ1) is 10.7. The molecule has 0 aliphatic heterocycles. The second-order valence-corrected chi connectivity index (χ2v) is 7.30. The third kappa shape index (κ3) is 1.48. The van der Waals surface area contributed by atoms with Crippen LogP contribution in [0.4, 0.5) is 5.69 Å². The molecule has 5 rings (SSSR count). The highest BCUT2D eigenvalue weighted by atomic mass is 16.1. The minimum Gasteiger partial charge on any atom is -0.398 e. The number of hydrogen-bond acceptors (Lipinski definition) is 2. The summed E-state index contributed by atoms with van der Waals surface area (Å²) >= 11 is 0. The van der Waals surface area contributed by atoms with Crippen molar-refractivity contribution in [2.24, 2.45) is 5.92 Å². The molecule has 0 aromatic heterocycles. The monoisotopic (exact) mass is 289 g/mol. The second kappa shape index (κ2) is 4.01. The zero-order valence-electron chi connectivity index (χ0n) is 12.6. The number of carbonyl (C=O) groups is 1. The van der Waals surface area contributed by atoms with Crippen molar-refractivity contribution in [1.29, 1.82) is 0 Å². The van der Waals surface area contributed by atoms with Gasteiger partial charge in [0, 0.05) is 29.3 Å². The van der Waals surface area contributed by atoms with Gasteiger partial charge in [-0.3, -0.25) is 4.79 Å². The molecule has 2 bridgehead atoms. The van der Waals surface area contributed by atoms with Crippen molar-refractivity contribution in [2.45, 2.75) is 37.5 Å². The lowest BCUT2D eigenvalue weighted by Crippen LogP contribution is -2.39. The average Bonchev–Trinajstić information content (AvgIpc) is 3.08. The van der Waals surface area contributed by atoms with Gasteiger partial charge in [0.15, 0.2) is 0 Å². The van der Waals surface area contributed by atoms with Crippen LogP contribution >= 0.6 is 0 Å². The molecule has 3 aliphatic rings. The van der Waals surface area contributed by atoms with Gasteiger partial charge in [0.05, 0.1) is 0 Å². The number of Topliss-reactive ketones (excluding diaryl/α,β-unsaturated/α-hetero) is 1. The normalized spacial score (nSPS) is 29.2. The summed E-state index contributed by atoms with van der Waals surface area (Å²) in [5, 5.41) is 2.30. The van der Waals surface area contributed by atoms with Crippen LogP contribution in [-0.2, 0) is 16.6 Å². The van der Waals surface area contributed by atoms with E-state index in [2.05, 4.69) is 24.3 Å². The zero-order valence-corrected chi connectivity index (χ0v) is 12.6. The summed E-state index contributed by atoms with van der Waals surface area (Å²) in [6.45, 7) is 0. The van der Waals surface area contributed by atoms with E-state index in [1.807, 2.05) is 12.1 Å². The summed E-state index contributed by atoms with van der Waals surface area (Å²) in [5.41, 5.74) is 11.2. The number of fused-ring (bicyclic) bond motifs is 6. The second-order valence-electron chi connectivity index (χ2n) is 7.30. The smallest absolute Gasteiger partial charge is 0.138 e. The van der Waals surface area contributed by atoms with Crippen LogP contribution in [0.2, 0.25) is 0 Å². The van der Waals surface area contributed by atoms with Crippen LogP contribution in [0.15, 0.2) is 42.0 Å². The summed E-state index contributed by atoms with van der Waals surface area (Å²) in [4.78, 5) is 12.4. The lowest BCUT2D eigenvalue weighted by atomic mass is 9.62. The van der Waals surface area contributed by atoms with Crippen molar-refractivity contribution in [3.63, 3.8) is 0 Å². The number of anilines is 1. The van der Waals surface area contributed by atoms with Gasteiger partial charge in [-0.15, -0.1) is 0 Å². The summed E-state index contributed by atoms with van der Waals surface area (Å²) in [7, 11) is 0. The maximum absolute atomic E-state index is 12.4. The highest BCUT2D eigenvalue weighted by Gasteiger charge is 2.51. The Morgan fingerprint density at radius 1 is 1.18 bits per heavy atom. The van der Waals surface area contributed by atoms with Gasteiger partial charge in [0.25, 0.3) is 0 Å². The van der Waals surface area contributed by atoms with E-state index in [1.54, 1.807) is 5.57 Å². The Bertz CT molecular complexity index is 863. The molecule has 1 spiro atoms. The predicted molar refractivity (Wildman–Crippen MR) is 88.8 cm³/mol. The fraction of sp³-hybridized carbons (Fsp3) is 0.350. The molecule has 0 radical (unpaired) electrons. The van der Waals surface area contributed by atoms with E-state index in [4.69, 9.17) is 5.73 Å². The van der Waals surface area contributed by atoms with Gasteiger partial charge in [0.2, 0.25) is 0 Å². The van der Waals surface area contributed by atoms with Gasteiger partial charge in [-0.05, 0) is 53.8 Å². The topological polar surface area (TPSA) is 43.1 Å². The maximum atomic E-state index is 12.4. The SMILES string of the molecule is Nc1cccc2cc3c(cc12)CC(=O)CC31CC2=CCC1C2. The molecule has 0 heterocycles. The molecular formula is C20H19NO. The number of nitrogen functional groups attached to an aromatic ring is 1. The number of benzene rings is 2. The Kier molecular flexibility index (Phi) is 2.27. The number of hydrogen-bond donors (Lipinski definition) is 1. The third-order valence-corrected chi connectivity index (χ3v) is 6.10. The Hall–Kier alpha value is -2.09. The third-order valence-electron chi connectivity index (χ3n) is 6.10. The number of nitrogens with two attached hydrogens (primary N) is 1.